The molecular formula is C19H20N6O3. The van der Waals surface area contributed by atoms with E-state index in [4.69, 9.17) is 5.73 Å². The number of anilines is 1. The number of fused-ring (bicyclic) bond motifs is 1. The summed E-state index contributed by atoms with van der Waals surface area (Å²) in [6.07, 6.45) is 0.599. The molecule has 2 aliphatic rings. The first-order valence-electron chi connectivity index (χ1n) is 9.07. The van der Waals surface area contributed by atoms with E-state index in [0.717, 1.165) is 16.8 Å². The second-order valence-electron chi connectivity index (χ2n) is 6.90. The molecule has 4 rings (SSSR count). The zero-order valence-corrected chi connectivity index (χ0v) is 15.1. The molecule has 3 amide bonds. The highest BCUT2D eigenvalue weighted by molar-refractivity contribution is 6.05. The number of benzene rings is 1. The molecule has 0 spiro atoms. The summed E-state index contributed by atoms with van der Waals surface area (Å²) in [4.78, 5) is 38.1. The Hall–Kier alpha value is -3.33. The average molecular weight is 380 g/mol. The smallest absolute Gasteiger partial charge is 0.255 e. The predicted octanol–water partition coefficient (Wildman–Crippen LogP) is 0.110. The van der Waals surface area contributed by atoms with Crippen molar-refractivity contribution < 1.29 is 14.4 Å². The minimum Gasteiger partial charge on any atom is -0.382 e. The minimum atomic E-state index is -0.608. The highest BCUT2D eigenvalue weighted by atomic mass is 16.2. The summed E-state index contributed by atoms with van der Waals surface area (Å²) in [6.45, 7) is 1.34. The van der Waals surface area contributed by atoms with Gasteiger partial charge in [-0.05, 0) is 29.7 Å². The Morgan fingerprint density at radius 1 is 1.14 bits per heavy atom. The summed E-state index contributed by atoms with van der Waals surface area (Å²) in [5, 5.41) is 13.4. The fraction of sp³-hybridized carbons (Fsp3) is 0.316. The predicted molar refractivity (Wildman–Crippen MR) is 99.5 cm³/mol. The molecule has 2 aliphatic heterocycles. The van der Waals surface area contributed by atoms with Crippen LogP contribution in [0.3, 0.4) is 0 Å². The van der Waals surface area contributed by atoms with Crippen LogP contribution in [-0.4, -0.2) is 38.9 Å². The van der Waals surface area contributed by atoms with Gasteiger partial charge >= 0.3 is 0 Å². The summed E-state index contributed by atoms with van der Waals surface area (Å²) in [7, 11) is 0. The third-order valence-corrected chi connectivity index (χ3v) is 5.00. The van der Waals surface area contributed by atoms with Gasteiger partial charge in [-0.25, -0.2) is 0 Å². The monoisotopic (exact) mass is 380 g/mol. The number of piperidine rings is 1. The molecule has 0 bridgehead atoms. The van der Waals surface area contributed by atoms with Gasteiger partial charge in [0.25, 0.3) is 5.91 Å². The Kier molecular flexibility index (Phi) is 4.74. The second kappa shape index (κ2) is 7.35. The molecule has 1 unspecified atom stereocenters. The summed E-state index contributed by atoms with van der Waals surface area (Å²) < 4.78 is 0. The highest BCUT2D eigenvalue weighted by Crippen LogP contribution is 2.29. The third kappa shape index (κ3) is 3.44. The van der Waals surface area contributed by atoms with Crippen molar-refractivity contribution in [3.05, 3.63) is 52.7 Å². The fourth-order valence-corrected chi connectivity index (χ4v) is 3.63. The van der Waals surface area contributed by atoms with Crippen molar-refractivity contribution in [2.75, 3.05) is 5.73 Å². The van der Waals surface area contributed by atoms with Crippen LogP contribution in [0.4, 0.5) is 5.82 Å². The number of imide groups is 1. The maximum atomic E-state index is 13.0. The molecule has 144 valence electrons. The number of nitrogens with two attached hydrogens (primary N) is 1. The Balaban J connectivity index is 1.46. The van der Waals surface area contributed by atoms with Gasteiger partial charge in [0.15, 0.2) is 0 Å². The average Bonchev–Trinajstić information content (AvgIpc) is 3.01. The normalized spacial score (nSPS) is 18.9. The number of nitrogens with one attached hydrogen (secondary N) is 2. The van der Waals surface area contributed by atoms with Gasteiger partial charge in [-0.1, -0.05) is 18.2 Å². The van der Waals surface area contributed by atoms with Crippen molar-refractivity contribution >= 4 is 23.5 Å². The molecule has 1 atom stereocenters. The van der Waals surface area contributed by atoms with Gasteiger partial charge in [-0.2, -0.15) is 5.10 Å². The number of hydrogen-bond donors (Lipinski definition) is 3. The van der Waals surface area contributed by atoms with E-state index in [2.05, 4.69) is 20.8 Å². The van der Waals surface area contributed by atoms with E-state index in [1.165, 1.54) is 0 Å². The summed E-state index contributed by atoms with van der Waals surface area (Å²) in [5.74, 6) is -0.502. The lowest BCUT2D eigenvalue weighted by atomic mass is 10.0. The van der Waals surface area contributed by atoms with Gasteiger partial charge in [0, 0.05) is 31.6 Å². The fourth-order valence-electron chi connectivity index (χ4n) is 3.63. The van der Waals surface area contributed by atoms with Crippen LogP contribution in [0.15, 0.2) is 30.3 Å². The topological polar surface area (TPSA) is 130 Å². The Morgan fingerprint density at radius 3 is 2.75 bits per heavy atom. The first-order chi connectivity index (χ1) is 13.5. The molecule has 0 saturated carbocycles. The molecule has 2 aromatic rings. The first kappa shape index (κ1) is 18.1. The molecule has 1 fully saturated rings. The molecule has 0 aliphatic carbocycles. The number of nitrogen functional groups attached to an aromatic ring is 1. The lowest BCUT2D eigenvalue weighted by Gasteiger charge is -2.29. The molecule has 1 aromatic carbocycles. The van der Waals surface area contributed by atoms with Crippen molar-refractivity contribution in [3.63, 3.8) is 0 Å². The van der Waals surface area contributed by atoms with Crippen LogP contribution in [0, 0.1) is 0 Å². The number of amides is 3. The Bertz CT molecular complexity index is 943. The molecular weight excluding hydrogens is 360 g/mol. The van der Waals surface area contributed by atoms with Crippen molar-refractivity contribution in [1.82, 2.24) is 25.7 Å². The standard InChI is InChI=1S/C19H20N6O3/c20-15-6-4-13(23-24-15)9-21-8-11-2-1-3-12-10-25(19(28)17(11)12)14-5-7-16(26)22-18(14)27/h1-4,6,14,21H,5,7-10H2,(H2,20,24)(H,22,26,27). The third-order valence-electron chi connectivity index (χ3n) is 5.00. The van der Waals surface area contributed by atoms with Gasteiger partial charge < -0.3 is 16.0 Å². The number of nitrogens with zero attached hydrogens (tertiary/aromatic N) is 3. The molecule has 4 N–H and O–H groups in total. The second-order valence-corrected chi connectivity index (χ2v) is 6.90. The van der Waals surface area contributed by atoms with E-state index < -0.39 is 11.9 Å². The van der Waals surface area contributed by atoms with E-state index in [9.17, 15) is 14.4 Å². The summed E-state index contributed by atoms with van der Waals surface area (Å²) in [5.41, 5.74) is 8.66. The summed E-state index contributed by atoms with van der Waals surface area (Å²) >= 11 is 0. The molecule has 3 heterocycles. The van der Waals surface area contributed by atoms with Gasteiger partial charge in [0.1, 0.15) is 11.9 Å². The van der Waals surface area contributed by atoms with E-state index in [0.29, 0.717) is 37.4 Å². The Labute approximate surface area is 161 Å². The van der Waals surface area contributed by atoms with E-state index >= 15 is 0 Å². The number of aromatic nitrogens is 2. The minimum absolute atomic E-state index is 0.172. The van der Waals surface area contributed by atoms with Crippen LogP contribution in [0.5, 0.6) is 0 Å². The van der Waals surface area contributed by atoms with Gasteiger partial charge in [-0.3, -0.25) is 19.7 Å². The van der Waals surface area contributed by atoms with Crippen LogP contribution < -0.4 is 16.4 Å². The maximum Gasteiger partial charge on any atom is 0.255 e. The van der Waals surface area contributed by atoms with Crippen molar-refractivity contribution in [3.8, 4) is 0 Å². The quantitative estimate of drug-likeness (QED) is 0.628. The Morgan fingerprint density at radius 2 is 2.00 bits per heavy atom. The molecule has 9 heteroatoms. The lowest BCUT2D eigenvalue weighted by molar-refractivity contribution is -0.136. The van der Waals surface area contributed by atoms with Crippen LogP contribution in [0.25, 0.3) is 0 Å². The van der Waals surface area contributed by atoms with Crippen molar-refractivity contribution in [2.45, 2.75) is 38.5 Å². The van der Waals surface area contributed by atoms with Crippen LogP contribution in [0.2, 0.25) is 0 Å². The summed E-state index contributed by atoms with van der Waals surface area (Å²) in [6, 6.07) is 8.57. The zero-order valence-electron chi connectivity index (χ0n) is 15.1. The van der Waals surface area contributed by atoms with Gasteiger partial charge in [0.05, 0.1) is 5.69 Å². The maximum absolute atomic E-state index is 13.0. The van der Waals surface area contributed by atoms with Gasteiger partial charge in [-0.15, -0.1) is 5.10 Å². The number of hydrogen-bond acceptors (Lipinski definition) is 7. The zero-order chi connectivity index (χ0) is 19.7. The molecule has 0 radical (unpaired) electrons. The van der Waals surface area contributed by atoms with Crippen LogP contribution in [0.1, 0.15) is 40.0 Å². The van der Waals surface area contributed by atoms with Gasteiger partial charge in [0.2, 0.25) is 11.8 Å². The van der Waals surface area contributed by atoms with E-state index in [1.807, 2.05) is 18.2 Å². The van der Waals surface area contributed by atoms with E-state index in [-0.39, 0.29) is 18.2 Å². The highest BCUT2D eigenvalue weighted by Gasteiger charge is 2.39. The molecule has 1 saturated heterocycles. The van der Waals surface area contributed by atoms with Crippen LogP contribution in [-0.2, 0) is 29.2 Å². The number of rotatable bonds is 5. The van der Waals surface area contributed by atoms with Crippen LogP contribution >= 0.6 is 0 Å². The molecule has 1 aromatic heterocycles. The van der Waals surface area contributed by atoms with Crippen molar-refractivity contribution in [1.29, 1.82) is 0 Å². The first-order valence-corrected chi connectivity index (χ1v) is 9.07. The number of carbonyl (C=O) groups is 3. The molecule has 9 nitrogen and oxygen atoms in total. The number of carbonyl (C=O) groups excluding carboxylic acids is 3. The van der Waals surface area contributed by atoms with Crippen molar-refractivity contribution in [2.24, 2.45) is 0 Å². The lowest BCUT2D eigenvalue weighted by Crippen LogP contribution is -2.52. The SMILES string of the molecule is Nc1ccc(CNCc2cccc3c2C(=O)N(C2CCC(=O)NC2=O)C3)nn1. The molecule has 28 heavy (non-hydrogen) atoms. The van der Waals surface area contributed by atoms with E-state index in [1.54, 1.807) is 17.0 Å². The largest absolute Gasteiger partial charge is 0.382 e.